The Balaban J connectivity index is 1.63. The van der Waals surface area contributed by atoms with Crippen LogP contribution in [0.3, 0.4) is 0 Å². The summed E-state index contributed by atoms with van der Waals surface area (Å²) in [5.74, 6) is -0.199. The van der Waals surface area contributed by atoms with E-state index in [0.717, 1.165) is 26.7 Å². The summed E-state index contributed by atoms with van der Waals surface area (Å²) in [4.78, 5) is 17.0. The molecule has 5 nitrogen and oxygen atoms in total. The van der Waals surface area contributed by atoms with Gasteiger partial charge in [0.2, 0.25) is 5.13 Å². The number of nitrogens with zero attached hydrogens (tertiary/aromatic N) is 3. The minimum absolute atomic E-state index is 0.199. The van der Waals surface area contributed by atoms with Gasteiger partial charge in [0.25, 0.3) is 5.91 Å². The zero-order chi connectivity index (χ0) is 18.3. The van der Waals surface area contributed by atoms with Crippen LogP contribution in [0.1, 0.15) is 21.7 Å². The number of benzene rings is 2. The number of carbonyl (C=O) groups is 1. The van der Waals surface area contributed by atoms with Gasteiger partial charge < -0.3 is 5.32 Å². The predicted octanol–water partition coefficient (Wildman–Crippen LogP) is 5.00. The summed E-state index contributed by atoms with van der Waals surface area (Å²) in [6.07, 6.45) is 0. The Morgan fingerprint density at radius 2 is 2.00 bits per heavy atom. The van der Waals surface area contributed by atoms with Crippen LogP contribution in [-0.4, -0.2) is 20.7 Å². The summed E-state index contributed by atoms with van der Waals surface area (Å²) < 4.78 is 2.82. The highest BCUT2D eigenvalue weighted by Gasteiger charge is 2.12. The second-order valence-electron chi connectivity index (χ2n) is 5.98. The number of anilines is 1. The lowest BCUT2D eigenvalue weighted by Gasteiger charge is -2.05. The molecule has 0 unspecified atom stereocenters. The molecular weight excluding hydrogens is 368 g/mol. The molecule has 7 heteroatoms. The van der Waals surface area contributed by atoms with Crippen LogP contribution < -0.4 is 5.32 Å². The summed E-state index contributed by atoms with van der Waals surface area (Å²) in [6.45, 7) is 3.96. The second kappa shape index (κ2) is 6.55. The van der Waals surface area contributed by atoms with Crippen LogP contribution in [0.15, 0.2) is 48.5 Å². The van der Waals surface area contributed by atoms with Crippen molar-refractivity contribution in [1.29, 1.82) is 0 Å². The normalized spacial score (nSPS) is 11.0. The van der Waals surface area contributed by atoms with Gasteiger partial charge in [-0.05, 0) is 56.3 Å². The number of halogens is 1. The topological polar surface area (TPSA) is 59.8 Å². The first-order valence-electron chi connectivity index (χ1n) is 8.01. The zero-order valence-electron chi connectivity index (χ0n) is 14.2. The van der Waals surface area contributed by atoms with Crippen LogP contribution in [0.2, 0.25) is 5.02 Å². The van der Waals surface area contributed by atoms with Crippen LogP contribution in [-0.2, 0) is 0 Å². The summed E-state index contributed by atoms with van der Waals surface area (Å²) >= 11 is 7.48. The number of hydrogen-bond acceptors (Lipinski definition) is 4. The van der Waals surface area contributed by atoms with Crippen molar-refractivity contribution in [2.24, 2.45) is 0 Å². The number of nitrogens with one attached hydrogen (secondary N) is 1. The van der Waals surface area contributed by atoms with Crippen molar-refractivity contribution < 1.29 is 4.79 Å². The van der Waals surface area contributed by atoms with Crippen LogP contribution in [0, 0.1) is 13.8 Å². The quantitative estimate of drug-likeness (QED) is 0.542. The van der Waals surface area contributed by atoms with Crippen molar-refractivity contribution in [3.63, 3.8) is 0 Å². The summed E-state index contributed by atoms with van der Waals surface area (Å²) in [7, 11) is 0. The molecule has 2 heterocycles. The highest BCUT2D eigenvalue weighted by Crippen LogP contribution is 2.28. The molecule has 0 saturated heterocycles. The molecule has 0 atom stereocenters. The predicted molar refractivity (Wildman–Crippen MR) is 106 cm³/mol. The van der Waals surface area contributed by atoms with Crippen molar-refractivity contribution >= 4 is 44.7 Å². The number of carbonyl (C=O) groups excluding carboxylic acids is 1. The summed E-state index contributed by atoms with van der Waals surface area (Å²) in [5.41, 5.74) is 4.10. The van der Waals surface area contributed by atoms with Gasteiger partial charge in [-0.1, -0.05) is 29.0 Å². The van der Waals surface area contributed by atoms with Crippen LogP contribution >= 0.6 is 22.9 Å². The van der Waals surface area contributed by atoms with E-state index in [1.807, 2.05) is 42.8 Å². The number of amides is 1. The van der Waals surface area contributed by atoms with Crippen molar-refractivity contribution in [2.75, 3.05) is 5.32 Å². The number of hydrogen-bond donors (Lipinski definition) is 1. The fourth-order valence-corrected chi connectivity index (χ4v) is 3.94. The Hall–Kier alpha value is -2.70. The van der Waals surface area contributed by atoms with Crippen LogP contribution in [0.5, 0.6) is 0 Å². The first-order chi connectivity index (χ1) is 12.5. The molecule has 0 fully saturated rings. The van der Waals surface area contributed by atoms with Crippen molar-refractivity contribution in [3.8, 4) is 5.13 Å². The lowest BCUT2D eigenvalue weighted by atomic mass is 10.2. The molecule has 2 aromatic carbocycles. The van der Waals surface area contributed by atoms with E-state index in [0.29, 0.717) is 16.3 Å². The maximum Gasteiger partial charge on any atom is 0.255 e. The molecule has 0 bridgehead atoms. The highest BCUT2D eigenvalue weighted by molar-refractivity contribution is 7.20. The molecule has 2 aromatic heterocycles. The van der Waals surface area contributed by atoms with Gasteiger partial charge in [-0.3, -0.25) is 4.79 Å². The molecule has 0 spiro atoms. The standard InChI is InChI=1S/C19H15ClN4OS/c1-11-8-12(2)24(23-11)19-22-16-7-6-15(10-17(16)26-19)21-18(25)13-4-3-5-14(20)9-13/h3-10H,1-2H3,(H,21,25). The van der Waals surface area contributed by atoms with E-state index < -0.39 is 0 Å². The maximum absolute atomic E-state index is 12.4. The van der Waals surface area contributed by atoms with E-state index in [1.54, 1.807) is 24.3 Å². The molecule has 26 heavy (non-hydrogen) atoms. The van der Waals surface area contributed by atoms with Gasteiger partial charge in [-0.15, -0.1) is 0 Å². The minimum atomic E-state index is -0.199. The van der Waals surface area contributed by atoms with Gasteiger partial charge in [-0.25, -0.2) is 9.67 Å². The molecule has 0 radical (unpaired) electrons. The highest BCUT2D eigenvalue weighted by atomic mass is 35.5. The molecule has 1 N–H and O–H groups in total. The Morgan fingerprint density at radius 1 is 1.15 bits per heavy atom. The van der Waals surface area contributed by atoms with Gasteiger partial charge in [0, 0.05) is 22.0 Å². The summed E-state index contributed by atoms with van der Waals surface area (Å²) in [5, 5.41) is 8.72. The van der Waals surface area contributed by atoms with E-state index in [9.17, 15) is 4.79 Å². The molecule has 0 aliphatic rings. The second-order valence-corrected chi connectivity index (χ2v) is 7.43. The number of fused-ring (bicyclic) bond motifs is 1. The third-order valence-electron chi connectivity index (χ3n) is 3.91. The van der Waals surface area contributed by atoms with Crippen molar-refractivity contribution in [3.05, 3.63) is 70.5 Å². The minimum Gasteiger partial charge on any atom is -0.322 e. The lowest BCUT2D eigenvalue weighted by Crippen LogP contribution is -2.11. The van der Waals surface area contributed by atoms with E-state index in [-0.39, 0.29) is 5.91 Å². The van der Waals surface area contributed by atoms with Gasteiger partial charge in [0.05, 0.1) is 15.9 Å². The molecule has 0 saturated carbocycles. The number of rotatable bonds is 3. The molecule has 0 aliphatic heterocycles. The number of thiazole rings is 1. The SMILES string of the molecule is Cc1cc(C)n(-c2nc3ccc(NC(=O)c4cccc(Cl)c4)cc3s2)n1. The van der Waals surface area contributed by atoms with Gasteiger partial charge in [0.1, 0.15) is 0 Å². The Labute approximate surface area is 159 Å². The third-order valence-corrected chi connectivity index (χ3v) is 5.14. The number of aromatic nitrogens is 3. The molecule has 4 rings (SSSR count). The largest absolute Gasteiger partial charge is 0.322 e. The maximum atomic E-state index is 12.4. The molecule has 130 valence electrons. The first kappa shape index (κ1) is 16.8. The van der Waals surface area contributed by atoms with Crippen molar-refractivity contribution in [1.82, 2.24) is 14.8 Å². The first-order valence-corrected chi connectivity index (χ1v) is 9.20. The Kier molecular flexibility index (Phi) is 4.22. The van der Waals surface area contributed by atoms with E-state index in [4.69, 9.17) is 11.6 Å². The van der Waals surface area contributed by atoms with Crippen LogP contribution in [0.4, 0.5) is 5.69 Å². The Morgan fingerprint density at radius 3 is 2.73 bits per heavy atom. The fourth-order valence-electron chi connectivity index (χ4n) is 2.74. The third kappa shape index (κ3) is 3.21. The fraction of sp³-hybridized carbons (Fsp3) is 0.105. The van der Waals surface area contributed by atoms with E-state index in [2.05, 4.69) is 15.4 Å². The average molecular weight is 383 g/mol. The van der Waals surface area contributed by atoms with Gasteiger partial charge in [-0.2, -0.15) is 5.10 Å². The smallest absolute Gasteiger partial charge is 0.255 e. The van der Waals surface area contributed by atoms with Crippen LogP contribution in [0.25, 0.3) is 15.3 Å². The molecule has 1 amide bonds. The molecular formula is C19H15ClN4OS. The molecule has 4 aromatic rings. The van der Waals surface area contributed by atoms with Gasteiger partial charge >= 0.3 is 0 Å². The average Bonchev–Trinajstić information content (AvgIpc) is 3.16. The zero-order valence-corrected chi connectivity index (χ0v) is 15.7. The van der Waals surface area contributed by atoms with E-state index >= 15 is 0 Å². The monoisotopic (exact) mass is 382 g/mol. The lowest BCUT2D eigenvalue weighted by molar-refractivity contribution is 0.102. The summed E-state index contributed by atoms with van der Waals surface area (Å²) in [6, 6.07) is 14.5. The Bertz CT molecular complexity index is 1130. The molecule has 0 aliphatic carbocycles. The van der Waals surface area contributed by atoms with Gasteiger partial charge in [0.15, 0.2) is 0 Å². The van der Waals surface area contributed by atoms with E-state index in [1.165, 1.54) is 11.3 Å². The number of aryl methyl sites for hydroxylation is 2. The van der Waals surface area contributed by atoms with Crippen molar-refractivity contribution in [2.45, 2.75) is 13.8 Å².